The van der Waals surface area contributed by atoms with Gasteiger partial charge in [-0.3, -0.25) is 4.98 Å². The third-order valence-corrected chi connectivity index (χ3v) is 4.49. The molecule has 2 aromatic rings. The van der Waals surface area contributed by atoms with Gasteiger partial charge in [-0.2, -0.15) is 13.2 Å². The summed E-state index contributed by atoms with van der Waals surface area (Å²) in [7, 11) is 0. The van der Waals surface area contributed by atoms with Crippen LogP contribution in [0.5, 0.6) is 0 Å². The van der Waals surface area contributed by atoms with E-state index in [0.29, 0.717) is 18.3 Å². The summed E-state index contributed by atoms with van der Waals surface area (Å²) in [5.74, 6) is 0. The highest BCUT2D eigenvalue weighted by Gasteiger charge is 2.33. The Balaban J connectivity index is 0.00000117. The fraction of sp³-hybridized carbons (Fsp3) is 0.476. The predicted molar refractivity (Wildman–Crippen MR) is 99.7 cm³/mol. The molecule has 1 aromatic carbocycles. The lowest BCUT2D eigenvalue weighted by atomic mass is 9.95. The smallest absolute Gasteiger partial charge is 0.308 e. The molecule has 0 spiro atoms. The van der Waals surface area contributed by atoms with Gasteiger partial charge in [0, 0.05) is 18.2 Å². The SMILES string of the molecule is CC.FC(F)(F)c1ccccc1-c1cccc(CNC2CCCCC2)n1. The molecule has 3 rings (SSSR count). The van der Waals surface area contributed by atoms with Crippen LogP contribution in [0.3, 0.4) is 0 Å². The van der Waals surface area contributed by atoms with E-state index in [1.165, 1.54) is 31.4 Å². The summed E-state index contributed by atoms with van der Waals surface area (Å²) in [4.78, 5) is 4.44. The first kappa shape index (κ1) is 20.4. The number of nitrogens with zero attached hydrogens (tertiary/aromatic N) is 1. The van der Waals surface area contributed by atoms with Gasteiger partial charge in [-0.15, -0.1) is 0 Å². The molecule has 1 fully saturated rings. The second-order valence-electron chi connectivity index (χ2n) is 6.27. The third kappa shape index (κ3) is 5.56. The van der Waals surface area contributed by atoms with Crippen LogP contribution < -0.4 is 5.32 Å². The van der Waals surface area contributed by atoms with E-state index < -0.39 is 11.7 Å². The maximum atomic E-state index is 13.2. The average Bonchev–Trinajstić information content (AvgIpc) is 2.68. The van der Waals surface area contributed by atoms with E-state index in [0.717, 1.165) is 24.6 Å². The van der Waals surface area contributed by atoms with Crippen molar-refractivity contribution in [1.82, 2.24) is 10.3 Å². The van der Waals surface area contributed by atoms with Crippen molar-refractivity contribution in [3.8, 4) is 11.3 Å². The molecule has 0 saturated heterocycles. The molecule has 5 heteroatoms. The number of nitrogens with one attached hydrogen (secondary N) is 1. The number of aromatic nitrogens is 1. The van der Waals surface area contributed by atoms with Crippen molar-refractivity contribution in [3.05, 3.63) is 53.7 Å². The Kier molecular flexibility index (Phi) is 7.64. The van der Waals surface area contributed by atoms with Crippen molar-refractivity contribution in [2.24, 2.45) is 0 Å². The number of halogens is 3. The van der Waals surface area contributed by atoms with Crippen LogP contribution in [0.15, 0.2) is 42.5 Å². The van der Waals surface area contributed by atoms with Gasteiger partial charge in [-0.25, -0.2) is 0 Å². The monoisotopic (exact) mass is 364 g/mol. The Morgan fingerprint density at radius 3 is 2.35 bits per heavy atom. The Hall–Kier alpha value is -1.88. The minimum atomic E-state index is -4.38. The van der Waals surface area contributed by atoms with Crippen molar-refractivity contribution < 1.29 is 13.2 Å². The van der Waals surface area contributed by atoms with Gasteiger partial charge < -0.3 is 5.32 Å². The highest BCUT2D eigenvalue weighted by atomic mass is 19.4. The largest absolute Gasteiger partial charge is 0.417 e. The molecule has 1 aromatic heterocycles. The topological polar surface area (TPSA) is 24.9 Å². The van der Waals surface area contributed by atoms with Crippen molar-refractivity contribution in [2.45, 2.75) is 64.7 Å². The van der Waals surface area contributed by atoms with Crippen molar-refractivity contribution in [2.75, 3.05) is 0 Å². The lowest BCUT2D eigenvalue weighted by Crippen LogP contribution is -2.30. The summed E-state index contributed by atoms with van der Waals surface area (Å²) in [5, 5.41) is 3.48. The highest BCUT2D eigenvalue weighted by molar-refractivity contribution is 5.64. The number of hydrogen-bond donors (Lipinski definition) is 1. The number of rotatable bonds is 4. The van der Waals surface area contributed by atoms with Crippen LogP contribution in [-0.4, -0.2) is 11.0 Å². The number of benzene rings is 1. The Labute approximate surface area is 153 Å². The molecule has 1 aliphatic carbocycles. The molecule has 26 heavy (non-hydrogen) atoms. The van der Waals surface area contributed by atoms with Gasteiger partial charge in [-0.05, 0) is 31.0 Å². The van der Waals surface area contributed by atoms with Gasteiger partial charge in [0.1, 0.15) is 0 Å². The van der Waals surface area contributed by atoms with Gasteiger partial charge in [0.25, 0.3) is 0 Å². The standard InChI is InChI=1S/C19H21F3N2.C2H6/c20-19(21,22)17-11-5-4-10-16(17)18-12-6-9-15(24-18)13-23-14-7-2-1-3-8-14;1-2/h4-6,9-12,14,23H,1-3,7-8,13H2;1-2H3. The molecule has 1 aliphatic rings. The molecular formula is C21H27F3N2. The third-order valence-electron chi connectivity index (χ3n) is 4.49. The molecule has 0 amide bonds. The van der Waals surface area contributed by atoms with Crippen LogP contribution in [0, 0.1) is 0 Å². The van der Waals surface area contributed by atoms with Crippen LogP contribution >= 0.6 is 0 Å². The summed E-state index contributed by atoms with van der Waals surface area (Å²) in [6.07, 6.45) is 1.72. The Morgan fingerprint density at radius 2 is 1.65 bits per heavy atom. The quantitative estimate of drug-likeness (QED) is 0.697. The number of hydrogen-bond acceptors (Lipinski definition) is 2. The van der Waals surface area contributed by atoms with Gasteiger partial charge in [0.15, 0.2) is 0 Å². The molecule has 0 unspecified atom stereocenters. The predicted octanol–water partition coefficient (Wildman–Crippen LogP) is 6.22. The molecule has 1 N–H and O–H groups in total. The van der Waals surface area contributed by atoms with Crippen LogP contribution in [0.2, 0.25) is 0 Å². The Bertz CT molecular complexity index is 677. The number of alkyl halides is 3. The fourth-order valence-corrected chi connectivity index (χ4v) is 3.24. The van der Waals surface area contributed by atoms with E-state index in [9.17, 15) is 13.2 Å². The second kappa shape index (κ2) is 9.72. The first-order valence-corrected chi connectivity index (χ1v) is 9.40. The maximum Gasteiger partial charge on any atom is 0.417 e. The molecule has 0 aliphatic heterocycles. The van der Waals surface area contributed by atoms with E-state index in [2.05, 4.69) is 10.3 Å². The summed E-state index contributed by atoms with van der Waals surface area (Å²) in [6, 6.07) is 11.3. The van der Waals surface area contributed by atoms with Gasteiger partial charge in [0.05, 0.1) is 17.0 Å². The number of pyridine rings is 1. The molecule has 0 bridgehead atoms. The zero-order valence-corrected chi connectivity index (χ0v) is 15.4. The molecular weight excluding hydrogens is 337 g/mol. The lowest BCUT2D eigenvalue weighted by molar-refractivity contribution is -0.137. The minimum absolute atomic E-state index is 0.129. The summed E-state index contributed by atoms with van der Waals surface area (Å²) in [6.45, 7) is 4.59. The first-order valence-electron chi connectivity index (χ1n) is 9.40. The van der Waals surface area contributed by atoms with Crippen molar-refractivity contribution >= 4 is 0 Å². The fourth-order valence-electron chi connectivity index (χ4n) is 3.24. The zero-order valence-electron chi connectivity index (χ0n) is 15.4. The summed E-state index contributed by atoms with van der Waals surface area (Å²) < 4.78 is 39.6. The molecule has 142 valence electrons. The van der Waals surface area contributed by atoms with E-state index in [-0.39, 0.29) is 5.56 Å². The zero-order chi connectivity index (χ0) is 19.0. The maximum absolute atomic E-state index is 13.2. The van der Waals surface area contributed by atoms with Crippen molar-refractivity contribution in [1.29, 1.82) is 0 Å². The van der Waals surface area contributed by atoms with Crippen LogP contribution in [0.25, 0.3) is 11.3 Å². The molecule has 0 atom stereocenters. The highest BCUT2D eigenvalue weighted by Crippen LogP contribution is 2.36. The van der Waals surface area contributed by atoms with Crippen LogP contribution in [0.1, 0.15) is 57.2 Å². The molecule has 2 nitrogen and oxygen atoms in total. The minimum Gasteiger partial charge on any atom is -0.308 e. The van der Waals surface area contributed by atoms with Gasteiger partial charge in [0.2, 0.25) is 0 Å². The van der Waals surface area contributed by atoms with E-state index >= 15 is 0 Å². The molecule has 0 radical (unpaired) electrons. The summed E-state index contributed by atoms with van der Waals surface area (Å²) >= 11 is 0. The second-order valence-corrected chi connectivity index (χ2v) is 6.27. The van der Waals surface area contributed by atoms with Crippen LogP contribution in [0.4, 0.5) is 13.2 Å². The van der Waals surface area contributed by atoms with E-state index in [4.69, 9.17) is 0 Å². The normalized spacial score (nSPS) is 15.3. The molecule has 1 heterocycles. The van der Waals surface area contributed by atoms with Gasteiger partial charge in [-0.1, -0.05) is 57.4 Å². The lowest BCUT2D eigenvalue weighted by Gasteiger charge is -2.22. The van der Waals surface area contributed by atoms with E-state index in [1.54, 1.807) is 18.2 Å². The first-order chi connectivity index (χ1) is 12.5. The average molecular weight is 364 g/mol. The summed E-state index contributed by atoms with van der Waals surface area (Å²) in [5.41, 5.74) is 0.625. The molecule has 1 saturated carbocycles. The van der Waals surface area contributed by atoms with E-state index in [1.807, 2.05) is 19.9 Å². The Morgan fingerprint density at radius 1 is 0.962 bits per heavy atom. The van der Waals surface area contributed by atoms with Gasteiger partial charge >= 0.3 is 6.18 Å². The van der Waals surface area contributed by atoms with Crippen LogP contribution in [-0.2, 0) is 12.7 Å². The van der Waals surface area contributed by atoms with Crippen molar-refractivity contribution in [3.63, 3.8) is 0 Å².